The van der Waals surface area contributed by atoms with Crippen molar-refractivity contribution in [2.45, 2.75) is 18.6 Å². The summed E-state index contributed by atoms with van der Waals surface area (Å²) in [5, 5.41) is 0. The van der Waals surface area contributed by atoms with Gasteiger partial charge in [-0.1, -0.05) is 36.9 Å². The Morgan fingerprint density at radius 3 is 2.79 bits per heavy atom. The quantitative estimate of drug-likeness (QED) is 0.614. The van der Waals surface area contributed by atoms with Crippen LogP contribution in [0.3, 0.4) is 0 Å². The summed E-state index contributed by atoms with van der Waals surface area (Å²) in [5.41, 5.74) is 2.69. The maximum absolute atomic E-state index is 14.1. The summed E-state index contributed by atoms with van der Waals surface area (Å²) >= 11 is 1.64. The lowest BCUT2D eigenvalue weighted by molar-refractivity contribution is 0.0150. The van der Waals surface area contributed by atoms with E-state index < -0.39 is 17.5 Å². The van der Waals surface area contributed by atoms with Gasteiger partial charge in [0.15, 0.2) is 11.3 Å². The molecule has 0 amide bonds. The normalized spacial score (nSPS) is 16.6. The second-order valence-electron chi connectivity index (χ2n) is 5.67. The van der Waals surface area contributed by atoms with E-state index in [4.69, 9.17) is 4.74 Å². The number of halogens is 1. The summed E-state index contributed by atoms with van der Waals surface area (Å²) in [7, 11) is 0. The highest BCUT2D eigenvalue weighted by atomic mass is 32.2. The predicted octanol–water partition coefficient (Wildman–Crippen LogP) is 3.62. The Labute approximate surface area is 144 Å². The van der Waals surface area contributed by atoms with Gasteiger partial charge in [0.25, 0.3) is 0 Å². The Kier molecular flexibility index (Phi) is 4.60. The van der Waals surface area contributed by atoms with E-state index in [1.165, 1.54) is 10.9 Å². The van der Waals surface area contributed by atoms with Crippen molar-refractivity contribution >= 4 is 17.7 Å². The van der Waals surface area contributed by atoms with Gasteiger partial charge >= 0.3 is 5.97 Å². The smallest absolute Gasteiger partial charge is 0.360 e. The van der Waals surface area contributed by atoms with Crippen LogP contribution in [0.4, 0.5) is 4.39 Å². The maximum Gasteiger partial charge on any atom is 0.360 e. The molecule has 1 fully saturated rings. The Morgan fingerprint density at radius 1 is 1.50 bits per heavy atom. The number of thioether (sulfide) groups is 1. The molecule has 1 aromatic heterocycles. The number of carbonyl (C=O) groups excluding carboxylic acids is 1. The molecule has 2 heterocycles. The zero-order valence-electron chi connectivity index (χ0n) is 13.2. The number of ether oxygens (including phenoxy) is 1. The van der Waals surface area contributed by atoms with Crippen molar-refractivity contribution in [1.82, 2.24) is 9.55 Å². The van der Waals surface area contributed by atoms with Crippen molar-refractivity contribution in [2.24, 2.45) is 0 Å². The van der Waals surface area contributed by atoms with Gasteiger partial charge in [-0.25, -0.2) is 9.78 Å². The molecule has 6 heteroatoms. The summed E-state index contributed by atoms with van der Waals surface area (Å²) in [6, 6.07) is 9.29. The molecule has 2 aromatic rings. The van der Waals surface area contributed by atoms with E-state index in [1.54, 1.807) is 17.8 Å². The number of imidazole rings is 1. The summed E-state index contributed by atoms with van der Waals surface area (Å²) < 4.78 is 21.2. The lowest BCUT2D eigenvalue weighted by atomic mass is 10.1. The minimum absolute atomic E-state index is 0.167. The number of rotatable bonds is 5. The molecular formula is C18H17FN2O2S. The fraction of sp³-hybridized carbons (Fsp3) is 0.278. The molecule has 1 atom stereocenters. The first-order valence-corrected chi connectivity index (χ1v) is 8.67. The molecule has 0 spiro atoms. The first kappa shape index (κ1) is 16.6. The third-order valence-corrected chi connectivity index (χ3v) is 5.38. The number of hydrogen-bond donors (Lipinski definition) is 0. The molecule has 24 heavy (non-hydrogen) atoms. The van der Waals surface area contributed by atoms with E-state index in [-0.39, 0.29) is 11.7 Å². The van der Waals surface area contributed by atoms with Crippen LogP contribution in [-0.4, -0.2) is 32.6 Å². The molecule has 0 saturated carbocycles. The molecule has 3 rings (SSSR count). The molecule has 0 N–H and O–H groups in total. The molecule has 4 nitrogen and oxygen atoms in total. The fourth-order valence-electron chi connectivity index (χ4n) is 2.61. The molecule has 0 unspecified atom stereocenters. The van der Waals surface area contributed by atoms with Gasteiger partial charge in [0.1, 0.15) is 0 Å². The second-order valence-corrected chi connectivity index (χ2v) is 6.66. The minimum atomic E-state index is -0.826. The van der Waals surface area contributed by atoms with Crippen molar-refractivity contribution in [2.75, 3.05) is 11.5 Å². The van der Waals surface area contributed by atoms with Crippen LogP contribution in [0.25, 0.3) is 0 Å². The summed E-state index contributed by atoms with van der Waals surface area (Å²) in [5.74, 6) is -0.316. The SMILES string of the molecule is C=C=CC1(OC(=O)c2c(F)ncn2[C@H](C)c2ccccc2)CSC1. The van der Waals surface area contributed by atoms with Crippen molar-refractivity contribution in [3.05, 3.63) is 72.3 Å². The van der Waals surface area contributed by atoms with Gasteiger partial charge in [0.2, 0.25) is 5.95 Å². The highest BCUT2D eigenvalue weighted by Crippen LogP contribution is 2.35. The predicted molar refractivity (Wildman–Crippen MR) is 91.6 cm³/mol. The van der Waals surface area contributed by atoms with Gasteiger partial charge in [-0.15, -0.1) is 5.73 Å². The monoisotopic (exact) mass is 344 g/mol. The van der Waals surface area contributed by atoms with Crippen LogP contribution in [0.2, 0.25) is 0 Å². The van der Waals surface area contributed by atoms with E-state index in [2.05, 4.69) is 17.3 Å². The van der Waals surface area contributed by atoms with E-state index in [0.717, 1.165) is 5.56 Å². The molecule has 1 aliphatic rings. The largest absolute Gasteiger partial charge is 0.448 e. The van der Waals surface area contributed by atoms with E-state index >= 15 is 0 Å². The molecule has 0 radical (unpaired) electrons. The zero-order chi connectivity index (χ0) is 17.2. The number of esters is 1. The van der Waals surface area contributed by atoms with Gasteiger partial charge in [-0.3, -0.25) is 0 Å². The zero-order valence-corrected chi connectivity index (χ0v) is 14.1. The van der Waals surface area contributed by atoms with Gasteiger partial charge in [-0.2, -0.15) is 16.2 Å². The van der Waals surface area contributed by atoms with E-state index in [1.807, 2.05) is 37.3 Å². The Hall–Kier alpha value is -2.30. The van der Waals surface area contributed by atoms with Crippen LogP contribution in [0, 0.1) is 5.95 Å². The molecule has 1 aromatic carbocycles. The minimum Gasteiger partial charge on any atom is -0.448 e. The van der Waals surface area contributed by atoms with Crippen LogP contribution in [-0.2, 0) is 4.74 Å². The first-order chi connectivity index (χ1) is 11.6. The summed E-state index contributed by atoms with van der Waals surface area (Å²) in [4.78, 5) is 16.2. The second kappa shape index (κ2) is 6.67. The van der Waals surface area contributed by atoms with Crippen LogP contribution >= 0.6 is 11.8 Å². The van der Waals surface area contributed by atoms with Crippen molar-refractivity contribution < 1.29 is 13.9 Å². The molecule has 0 aliphatic carbocycles. The summed E-state index contributed by atoms with van der Waals surface area (Å²) in [6.45, 7) is 5.41. The summed E-state index contributed by atoms with van der Waals surface area (Å²) in [6.07, 6.45) is 2.95. The van der Waals surface area contributed by atoms with Crippen molar-refractivity contribution in [3.63, 3.8) is 0 Å². The standard InChI is InChI=1S/C18H17FN2O2S/c1-3-9-18(10-24-11-18)23-17(22)15-16(19)20-12-21(15)13(2)14-7-5-4-6-8-14/h4-9,12-13H,1,10-11H2,2H3/t13-/m1/s1. The van der Waals surface area contributed by atoms with Crippen LogP contribution in [0.5, 0.6) is 0 Å². The van der Waals surface area contributed by atoms with Crippen LogP contribution in [0.15, 0.2) is 55.0 Å². The lowest BCUT2D eigenvalue weighted by Crippen LogP contribution is -2.46. The van der Waals surface area contributed by atoms with Gasteiger partial charge in [0, 0.05) is 17.6 Å². The lowest BCUT2D eigenvalue weighted by Gasteiger charge is -2.37. The van der Waals surface area contributed by atoms with Gasteiger partial charge < -0.3 is 9.30 Å². The molecule has 124 valence electrons. The Morgan fingerprint density at radius 2 is 2.21 bits per heavy atom. The number of hydrogen-bond acceptors (Lipinski definition) is 4. The van der Waals surface area contributed by atoms with Crippen molar-refractivity contribution in [3.8, 4) is 0 Å². The average Bonchev–Trinajstić information content (AvgIpc) is 2.94. The van der Waals surface area contributed by atoms with Gasteiger partial charge in [0.05, 0.1) is 12.4 Å². The third-order valence-electron chi connectivity index (χ3n) is 4.00. The number of nitrogens with zero attached hydrogens (tertiary/aromatic N) is 2. The topological polar surface area (TPSA) is 44.1 Å². The fourth-order valence-corrected chi connectivity index (χ4v) is 3.50. The maximum atomic E-state index is 14.1. The van der Waals surface area contributed by atoms with Crippen LogP contribution < -0.4 is 0 Å². The van der Waals surface area contributed by atoms with E-state index in [0.29, 0.717) is 11.5 Å². The molecule has 1 aliphatic heterocycles. The van der Waals surface area contributed by atoms with Gasteiger partial charge in [-0.05, 0) is 12.5 Å². The molecular weight excluding hydrogens is 327 g/mol. The number of aromatic nitrogens is 2. The average molecular weight is 344 g/mol. The molecule has 0 bridgehead atoms. The highest BCUT2D eigenvalue weighted by molar-refractivity contribution is 8.00. The van der Waals surface area contributed by atoms with Crippen molar-refractivity contribution in [1.29, 1.82) is 0 Å². The third kappa shape index (κ3) is 3.03. The van der Waals surface area contributed by atoms with E-state index in [9.17, 15) is 9.18 Å². The number of benzene rings is 1. The van der Waals surface area contributed by atoms with Crippen LogP contribution in [0.1, 0.15) is 29.0 Å². The Bertz CT molecular complexity index is 793. The first-order valence-electron chi connectivity index (χ1n) is 7.52. The highest BCUT2D eigenvalue weighted by Gasteiger charge is 2.41. The molecule has 1 saturated heterocycles. The number of carbonyl (C=O) groups is 1. The Balaban J connectivity index is 1.90.